The lowest BCUT2D eigenvalue weighted by atomic mass is 10.1. The Hall–Kier alpha value is -2.03. The number of halogens is 1. The summed E-state index contributed by atoms with van der Waals surface area (Å²) in [5.41, 5.74) is 2.98. The van der Waals surface area contributed by atoms with E-state index in [1.54, 1.807) is 6.92 Å². The third kappa shape index (κ3) is 3.75. The summed E-state index contributed by atoms with van der Waals surface area (Å²) in [6, 6.07) is 7.97. The van der Waals surface area contributed by atoms with Gasteiger partial charge in [0, 0.05) is 12.2 Å². The Morgan fingerprint density at radius 1 is 1.19 bits per heavy atom. The van der Waals surface area contributed by atoms with Crippen LogP contribution in [0.25, 0.3) is 0 Å². The van der Waals surface area contributed by atoms with Crippen molar-refractivity contribution in [1.82, 2.24) is 9.71 Å². The second-order valence-corrected chi connectivity index (χ2v) is 6.13. The van der Waals surface area contributed by atoms with Gasteiger partial charge in [-0.25, -0.2) is 28.4 Å². The van der Waals surface area contributed by atoms with Gasteiger partial charge in [-0.1, -0.05) is 12.1 Å². The summed E-state index contributed by atoms with van der Waals surface area (Å²) in [4.78, 5) is 3.87. The van der Waals surface area contributed by atoms with Crippen molar-refractivity contribution < 1.29 is 12.8 Å². The molecule has 8 heteroatoms. The highest BCUT2D eigenvalue weighted by Crippen LogP contribution is 2.17. The maximum atomic E-state index is 12.9. The maximum absolute atomic E-state index is 12.9. The summed E-state index contributed by atoms with van der Waals surface area (Å²) < 4.78 is 39.8. The molecule has 1 atom stereocenters. The molecule has 6 nitrogen and oxygen atoms in total. The number of sulfonamides is 1. The molecule has 0 radical (unpaired) electrons. The van der Waals surface area contributed by atoms with Gasteiger partial charge >= 0.3 is 0 Å². The number of nitrogens with zero attached hydrogens (tertiary/aromatic N) is 1. The quantitative estimate of drug-likeness (QED) is 0.575. The molecule has 0 bridgehead atoms. The van der Waals surface area contributed by atoms with E-state index in [0.717, 1.165) is 0 Å². The average Bonchev–Trinajstić information content (AvgIpc) is 2.47. The number of hydrogen-bond acceptors (Lipinski definition) is 5. The zero-order chi connectivity index (χ0) is 15.5. The summed E-state index contributed by atoms with van der Waals surface area (Å²) in [6.45, 7) is 1.67. The van der Waals surface area contributed by atoms with Crippen LogP contribution in [0, 0.1) is 5.82 Å². The lowest BCUT2D eigenvalue weighted by Crippen LogP contribution is -2.27. The van der Waals surface area contributed by atoms with Gasteiger partial charge in [0.2, 0.25) is 10.0 Å². The number of hydrogen-bond donors (Lipinski definition) is 3. The van der Waals surface area contributed by atoms with E-state index in [-0.39, 0.29) is 10.7 Å². The average molecular weight is 310 g/mol. The third-order valence-electron chi connectivity index (χ3n) is 2.90. The van der Waals surface area contributed by atoms with E-state index in [2.05, 4.69) is 15.1 Å². The van der Waals surface area contributed by atoms with Crippen LogP contribution in [0.5, 0.6) is 0 Å². The number of hydrazine groups is 1. The molecule has 0 aliphatic heterocycles. The van der Waals surface area contributed by atoms with E-state index < -0.39 is 16.1 Å². The molecular weight excluding hydrogens is 295 g/mol. The summed E-state index contributed by atoms with van der Waals surface area (Å²) in [5.74, 6) is 5.16. The molecule has 0 spiro atoms. The monoisotopic (exact) mass is 310 g/mol. The van der Waals surface area contributed by atoms with Crippen molar-refractivity contribution in [3.05, 3.63) is 54.0 Å². The van der Waals surface area contributed by atoms with E-state index in [0.29, 0.717) is 11.4 Å². The maximum Gasteiger partial charge on any atom is 0.242 e. The molecule has 1 aromatic carbocycles. The van der Waals surface area contributed by atoms with Crippen LogP contribution >= 0.6 is 0 Å². The highest BCUT2D eigenvalue weighted by molar-refractivity contribution is 7.89. The lowest BCUT2D eigenvalue weighted by Gasteiger charge is -2.14. The van der Waals surface area contributed by atoms with Gasteiger partial charge in [0.25, 0.3) is 0 Å². The number of aromatic nitrogens is 1. The van der Waals surface area contributed by atoms with Crippen molar-refractivity contribution >= 4 is 15.8 Å². The highest BCUT2D eigenvalue weighted by atomic mass is 32.2. The van der Waals surface area contributed by atoms with E-state index in [9.17, 15) is 12.8 Å². The first kappa shape index (κ1) is 15.4. The number of nitrogens with one attached hydrogen (secondary N) is 2. The van der Waals surface area contributed by atoms with Gasteiger partial charge < -0.3 is 5.43 Å². The molecule has 2 aromatic rings. The van der Waals surface area contributed by atoms with Crippen molar-refractivity contribution in [1.29, 1.82) is 0 Å². The number of nitrogen functional groups attached to an aromatic ring is 1. The van der Waals surface area contributed by atoms with Gasteiger partial charge in [0.05, 0.1) is 0 Å². The molecule has 0 aliphatic carbocycles. The predicted molar refractivity (Wildman–Crippen MR) is 77.2 cm³/mol. The Morgan fingerprint density at radius 3 is 2.38 bits per heavy atom. The smallest absolute Gasteiger partial charge is 0.242 e. The van der Waals surface area contributed by atoms with Crippen molar-refractivity contribution in [2.24, 2.45) is 5.84 Å². The van der Waals surface area contributed by atoms with Gasteiger partial charge in [0.15, 0.2) is 0 Å². The molecule has 0 aliphatic rings. The second-order valence-electron chi connectivity index (χ2n) is 4.42. The molecule has 0 fully saturated rings. The summed E-state index contributed by atoms with van der Waals surface area (Å²) in [7, 11) is -3.72. The van der Waals surface area contributed by atoms with Gasteiger partial charge in [-0.2, -0.15) is 0 Å². The number of anilines is 1. The first-order valence-corrected chi connectivity index (χ1v) is 7.61. The molecule has 112 valence electrons. The van der Waals surface area contributed by atoms with Crippen LogP contribution in [-0.2, 0) is 10.0 Å². The normalized spacial score (nSPS) is 12.9. The minimum Gasteiger partial charge on any atom is -0.308 e. The van der Waals surface area contributed by atoms with E-state index in [4.69, 9.17) is 5.84 Å². The van der Waals surface area contributed by atoms with Crippen LogP contribution in [-0.4, -0.2) is 13.4 Å². The van der Waals surface area contributed by atoms with Crippen LogP contribution in [0.3, 0.4) is 0 Å². The van der Waals surface area contributed by atoms with E-state index in [1.807, 2.05) is 0 Å². The Balaban J connectivity index is 2.17. The molecule has 2 rings (SSSR count). The largest absolute Gasteiger partial charge is 0.308 e. The zero-order valence-electron chi connectivity index (χ0n) is 11.2. The molecule has 1 heterocycles. The zero-order valence-corrected chi connectivity index (χ0v) is 12.1. The number of rotatable bonds is 5. The number of pyridine rings is 1. The summed E-state index contributed by atoms with van der Waals surface area (Å²) in [6.07, 6.45) is 1.20. The molecular formula is C13H15FN4O2S. The standard InChI is InChI=1S/C13H15FN4O2S/c1-9(10-2-4-11(14)5-3-10)18-21(19,20)12-6-7-13(17-15)16-8-12/h2-9,18H,15H2,1H3,(H,16,17). The van der Waals surface area contributed by atoms with Crippen LogP contribution in [0.15, 0.2) is 47.5 Å². The van der Waals surface area contributed by atoms with Gasteiger partial charge in [-0.15, -0.1) is 0 Å². The molecule has 0 saturated carbocycles. The molecule has 1 aromatic heterocycles. The van der Waals surface area contributed by atoms with Crippen molar-refractivity contribution in [3.8, 4) is 0 Å². The molecule has 1 unspecified atom stereocenters. The fourth-order valence-electron chi connectivity index (χ4n) is 1.74. The van der Waals surface area contributed by atoms with Gasteiger partial charge in [-0.05, 0) is 36.8 Å². The first-order chi connectivity index (χ1) is 9.92. The first-order valence-electron chi connectivity index (χ1n) is 6.13. The summed E-state index contributed by atoms with van der Waals surface area (Å²) >= 11 is 0. The topological polar surface area (TPSA) is 97.1 Å². The predicted octanol–water partition coefficient (Wildman–Crippen LogP) is 1.55. The van der Waals surface area contributed by atoms with Crippen LogP contribution < -0.4 is 16.0 Å². The summed E-state index contributed by atoms with van der Waals surface area (Å²) in [5, 5.41) is 0. The van der Waals surface area contributed by atoms with Crippen LogP contribution in [0.4, 0.5) is 10.2 Å². The van der Waals surface area contributed by atoms with Crippen molar-refractivity contribution in [3.63, 3.8) is 0 Å². The Morgan fingerprint density at radius 2 is 1.86 bits per heavy atom. The molecule has 4 N–H and O–H groups in total. The van der Waals surface area contributed by atoms with E-state index in [1.165, 1.54) is 42.6 Å². The van der Waals surface area contributed by atoms with Crippen molar-refractivity contribution in [2.45, 2.75) is 17.9 Å². The minimum absolute atomic E-state index is 0.0236. The van der Waals surface area contributed by atoms with Crippen LogP contribution in [0.1, 0.15) is 18.5 Å². The Labute approximate surface area is 122 Å². The number of nitrogens with two attached hydrogens (primary N) is 1. The second kappa shape index (κ2) is 6.17. The Kier molecular flexibility index (Phi) is 4.51. The van der Waals surface area contributed by atoms with Gasteiger partial charge in [0.1, 0.15) is 16.5 Å². The van der Waals surface area contributed by atoms with Crippen molar-refractivity contribution in [2.75, 3.05) is 5.43 Å². The highest BCUT2D eigenvalue weighted by Gasteiger charge is 2.18. The lowest BCUT2D eigenvalue weighted by molar-refractivity contribution is 0.566. The Bertz CT molecular complexity index is 702. The third-order valence-corrected chi connectivity index (χ3v) is 4.42. The van der Waals surface area contributed by atoms with Gasteiger partial charge in [-0.3, -0.25) is 0 Å². The van der Waals surface area contributed by atoms with Crippen LogP contribution in [0.2, 0.25) is 0 Å². The fraction of sp³-hybridized carbons (Fsp3) is 0.154. The molecule has 21 heavy (non-hydrogen) atoms. The molecule has 0 saturated heterocycles. The molecule has 0 amide bonds. The van der Waals surface area contributed by atoms with E-state index >= 15 is 0 Å². The SMILES string of the molecule is CC(NS(=O)(=O)c1ccc(NN)nc1)c1ccc(F)cc1. The fourth-order valence-corrected chi connectivity index (χ4v) is 2.92. The number of benzene rings is 1. The minimum atomic E-state index is -3.72.